The fourth-order valence-corrected chi connectivity index (χ4v) is 5.52. The van der Waals surface area contributed by atoms with Crippen molar-refractivity contribution in [1.29, 1.82) is 0 Å². The van der Waals surface area contributed by atoms with E-state index in [1.807, 2.05) is 36.5 Å². The van der Waals surface area contributed by atoms with Gasteiger partial charge in [-0.25, -0.2) is 4.57 Å². The van der Waals surface area contributed by atoms with Crippen molar-refractivity contribution in [3.63, 3.8) is 0 Å². The number of hydrogen-bond donors (Lipinski definition) is 3. The molecule has 0 saturated carbocycles. The molecular formula is C45H72NO9P. The number of phosphoric ester groups is 1. The summed E-state index contributed by atoms with van der Waals surface area (Å²) < 4.78 is 32.6. The van der Waals surface area contributed by atoms with Crippen LogP contribution in [0.3, 0.4) is 0 Å². The SMILES string of the molecule is CC/C=C\C/C=C\C/C=C\C/C=C\C/C=C\C/C=C\CCC(=O)OC[C@H](COP(=O)(O)OCCN)OC(=O)CCCCCCC/C=C/C=C/C(O)C/C=C/CC. The van der Waals surface area contributed by atoms with Crippen LogP contribution in [-0.2, 0) is 32.7 Å². The monoisotopic (exact) mass is 801 g/mol. The van der Waals surface area contributed by atoms with Gasteiger partial charge >= 0.3 is 19.8 Å². The van der Waals surface area contributed by atoms with E-state index in [4.69, 9.17) is 24.3 Å². The van der Waals surface area contributed by atoms with E-state index >= 15 is 0 Å². The lowest BCUT2D eigenvalue weighted by atomic mass is 10.1. The molecule has 0 aliphatic rings. The van der Waals surface area contributed by atoms with Gasteiger partial charge in [0.1, 0.15) is 6.61 Å². The molecule has 0 aromatic rings. The van der Waals surface area contributed by atoms with Gasteiger partial charge in [-0.3, -0.25) is 18.6 Å². The number of esters is 2. The van der Waals surface area contributed by atoms with Gasteiger partial charge in [-0.05, 0) is 77.0 Å². The second kappa shape index (κ2) is 39.8. The Balaban J connectivity index is 4.40. The number of nitrogens with two attached hydrogens (primary N) is 1. The number of rotatable bonds is 36. The zero-order valence-corrected chi connectivity index (χ0v) is 35.1. The van der Waals surface area contributed by atoms with E-state index in [1.165, 1.54) is 0 Å². The van der Waals surface area contributed by atoms with Crippen molar-refractivity contribution in [1.82, 2.24) is 0 Å². The van der Waals surface area contributed by atoms with Gasteiger partial charge in [0.2, 0.25) is 0 Å². The molecule has 2 unspecified atom stereocenters. The predicted molar refractivity (Wildman–Crippen MR) is 230 cm³/mol. The van der Waals surface area contributed by atoms with Crippen molar-refractivity contribution in [2.24, 2.45) is 5.73 Å². The summed E-state index contributed by atoms with van der Waals surface area (Å²) in [4.78, 5) is 34.8. The minimum atomic E-state index is -4.42. The average Bonchev–Trinajstić information content (AvgIpc) is 3.18. The maximum atomic E-state index is 12.6. The molecule has 0 spiro atoms. The van der Waals surface area contributed by atoms with E-state index < -0.39 is 38.6 Å². The molecule has 10 nitrogen and oxygen atoms in total. The Kier molecular flexibility index (Phi) is 37.5. The van der Waals surface area contributed by atoms with Crippen LogP contribution in [0, 0.1) is 0 Å². The Bertz CT molecular complexity index is 1300. The van der Waals surface area contributed by atoms with Crippen LogP contribution in [0.2, 0.25) is 0 Å². The van der Waals surface area contributed by atoms with Crippen LogP contribution >= 0.6 is 7.82 Å². The molecule has 0 saturated heterocycles. The van der Waals surface area contributed by atoms with E-state index in [2.05, 4.69) is 80.7 Å². The van der Waals surface area contributed by atoms with Gasteiger partial charge in [-0.1, -0.05) is 142 Å². The number of carbonyl (C=O) groups excluding carboxylic acids is 2. The van der Waals surface area contributed by atoms with E-state index in [9.17, 15) is 24.2 Å². The fraction of sp³-hybridized carbons (Fsp3) is 0.556. The van der Waals surface area contributed by atoms with E-state index in [0.29, 0.717) is 19.3 Å². The first kappa shape index (κ1) is 52.6. The molecule has 316 valence electrons. The van der Waals surface area contributed by atoms with Gasteiger partial charge in [0.15, 0.2) is 6.10 Å². The number of unbranched alkanes of at least 4 members (excludes halogenated alkanes) is 5. The van der Waals surface area contributed by atoms with Crippen molar-refractivity contribution in [2.45, 2.75) is 135 Å². The minimum Gasteiger partial charge on any atom is -0.462 e. The molecular weight excluding hydrogens is 729 g/mol. The van der Waals surface area contributed by atoms with Gasteiger partial charge in [-0.2, -0.15) is 0 Å². The third-order valence-corrected chi connectivity index (χ3v) is 8.73. The largest absolute Gasteiger partial charge is 0.472 e. The molecule has 0 fully saturated rings. The third-order valence-electron chi connectivity index (χ3n) is 7.75. The Hall–Kier alpha value is -3.37. The maximum Gasteiger partial charge on any atom is 0.472 e. The highest BCUT2D eigenvalue weighted by Crippen LogP contribution is 2.43. The number of aliphatic hydroxyl groups is 1. The van der Waals surface area contributed by atoms with Crippen LogP contribution in [0.25, 0.3) is 0 Å². The topological polar surface area (TPSA) is 155 Å². The number of phosphoric acid groups is 1. The van der Waals surface area contributed by atoms with E-state index in [-0.39, 0.29) is 32.6 Å². The first-order valence-corrected chi connectivity index (χ1v) is 22.0. The van der Waals surface area contributed by atoms with Gasteiger partial charge in [0.05, 0.1) is 19.3 Å². The van der Waals surface area contributed by atoms with Crippen molar-refractivity contribution in [3.8, 4) is 0 Å². The van der Waals surface area contributed by atoms with Gasteiger partial charge < -0.3 is 25.2 Å². The average molecular weight is 802 g/mol. The normalized spacial score (nSPS) is 15.0. The van der Waals surface area contributed by atoms with Crippen LogP contribution in [0.15, 0.2) is 109 Å². The summed E-state index contributed by atoms with van der Waals surface area (Å²) in [5.74, 6) is -0.995. The lowest BCUT2D eigenvalue weighted by molar-refractivity contribution is -0.161. The molecule has 0 aromatic heterocycles. The Morgan fingerprint density at radius 2 is 1.18 bits per heavy atom. The first-order valence-electron chi connectivity index (χ1n) is 20.5. The lowest BCUT2D eigenvalue weighted by Crippen LogP contribution is -2.29. The van der Waals surface area contributed by atoms with Crippen molar-refractivity contribution >= 4 is 19.8 Å². The Labute approximate surface area is 338 Å². The minimum absolute atomic E-state index is 0.0250. The second-order valence-corrected chi connectivity index (χ2v) is 14.4. The second-order valence-electron chi connectivity index (χ2n) is 12.9. The zero-order valence-electron chi connectivity index (χ0n) is 34.2. The number of allylic oxidation sites excluding steroid dienone is 16. The van der Waals surface area contributed by atoms with Gasteiger partial charge in [0.25, 0.3) is 0 Å². The smallest absolute Gasteiger partial charge is 0.462 e. The van der Waals surface area contributed by atoms with E-state index in [0.717, 1.165) is 77.0 Å². The van der Waals surface area contributed by atoms with Crippen LogP contribution < -0.4 is 5.73 Å². The summed E-state index contributed by atoms with van der Waals surface area (Å²) in [7, 11) is -4.42. The molecule has 0 bridgehead atoms. The Morgan fingerprint density at radius 3 is 1.79 bits per heavy atom. The van der Waals surface area contributed by atoms with Crippen molar-refractivity contribution < 1.29 is 42.7 Å². The molecule has 0 aliphatic carbocycles. The summed E-state index contributed by atoms with van der Waals surface area (Å²) in [6, 6.07) is 0. The quantitative estimate of drug-likeness (QED) is 0.0183. The molecule has 4 N–H and O–H groups in total. The molecule has 56 heavy (non-hydrogen) atoms. The zero-order chi connectivity index (χ0) is 41.2. The number of hydrogen-bond acceptors (Lipinski definition) is 9. The van der Waals surface area contributed by atoms with Crippen LogP contribution in [-0.4, -0.2) is 60.5 Å². The predicted octanol–water partition coefficient (Wildman–Crippen LogP) is 10.6. The molecule has 0 aromatic carbocycles. The van der Waals surface area contributed by atoms with Gasteiger partial charge in [-0.15, -0.1) is 0 Å². The molecule has 0 heterocycles. The summed E-state index contributed by atoms with van der Waals surface area (Å²) in [5.41, 5.74) is 5.33. The fourth-order valence-electron chi connectivity index (χ4n) is 4.75. The van der Waals surface area contributed by atoms with Crippen LogP contribution in [0.4, 0.5) is 0 Å². The summed E-state index contributed by atoms with van der Waals surface area (Å²) in [6.07, 6.45) is 48.9. The number of aliphatic hydroxyl groups excluding tert-OH is 1. The van der Waals surface area contributed by atoms with Crippen LogP contribution in [0.5, 0.6) is 0 Å². The third kappa shape index (κ3) is 38.9. The Morgan fingerprint density at radius 1 is 0.625 bits per heavy atom. The molecule has 0 radical (unpaired) electrons. The summed E-state index contributed by atoms with van der Waals surface area (Å²) in [6.45, 7) is 3.24. The first-order chi connectivity index (χ1) is 27.2. The van der Waals surface area contributed by atoms with E-state index in [1.54, 1.807) is 6.08 Å². The molecule has 0 rings (SSSR count). The number of ether oxygens (including phenoxy) is 2. The molecule has 0 amide bonds. The molecule has 3 atom stereocenters. The molecule has 11 heteroatoms. The summed E-state index contributed by atoms with van der Waals surface area (Å²) in [5, 5.41) is 9.86. The molecule has 0 aliphatic heterocycles. The standard InChI is InChI=1S/C45H72NO9P/c1-3-5-7-8-9-10-11-12-13-14-15-16-17-18-19-22-25-28-32-36-44(48)52-40-43(41-54-56(50,51)53-39-38-46)55-45(49)37-33-29-26-23-20-21-24-27-31-35-42(47)34-30-6-4-2/h5-7,9-10,12-13,15-16,18-19,24-25,27-28,30-31,35,42-43,47H,3-4,8,11,14,17,20-23,26,29,32-34,36-41,46H2,1-2H3,(H,50,51)/b7-5-,10-9-,13-12-,16-15-,19-18-,27-24+,28-25-,30-6+,35-31+/t42?,43-/m1/s1. The highest BCUT2D eigenvalue weighted by atomic mass is 31.2. The summed E-state index contributed by atoms with van der Waals surface area (Å²) >= 11 is 0. The van der Waals surface area contributed by atoms with Gasteiger partial charge in [0, 0.05) is 19.4 Å². The number of carbonyl (C=O) groups is 2. The highest BCUT2D eigenvalue weighted by molar-refractivity contribution is 7.47. The highest BCUT2D eigenvalue weighted by Gasteiger charge is 2.25. The lowest BCUT2D eigenvalue weighted by Gasteiger charge is -2.19. The van der Waals surface area contributed by atoms with Crippen molar-refractivity contribution in [2.75, 3.05) is 26.4 Å². The van der Waals surface area contributed by atoms with Crippen molar-refractivity contribution in [3.05, 3.63) is 109 Å². The van der Waals surface area contributed by atoms with Crippen LogP contribution in [0.1, 0.15) is 123 Å². The maximum absolute atomic E-state index is 12.6.